The number of benzene rings is 2. The van der Waals surface area contributed by atoms with E-state index in [0.29, 0.717) is 22.9 Å². The molecule has 0 saturated carbocycles. The van der Waals surface area contributed by atoms with Crippen molar-refractivity contribution in [1.29, 1.82) is 0 Å². The molecule has 27 heavy (non-hydrogen) atoms. The molecule has 0 aliphatic rings. The minimum Gasteiger partial charge on any atom is -0.322 e. The first-order chi connectivity index (χ1) is 13.2. The van der Waals surface area contributed by atoms with Gasteiger partial charge in [0.1, 0.15) is 5.82 Å². The molecule has 2 N–H and O–H groups in total. The zero-order valence-corrected chi connectivity index (χ0v) is 14.5. The first-order valence-electron chi connectivity index (χ1n) is 8.37. The first kappa shape index (κ1) is 16.6. The number of anilines is 1. The Hall–Kier alpha value is -3.87. The van der Waals surface area contributed by atoms with Gasteiger partial charge in [-0.15, -0.1) is 0 Å². The highest BCUT2D eigenvalue weighted by atomic mass is 16.1. The second kappa shape index (κ2) is 7.17. The molecule has 2 heterocycles. The minimum absolute atomic E-state index is 0.280. The van der Waals surface area contributed by atoms with Crippen LogP contribution in [-0.2, 0) is 0 Å². The third-order valence-electron chi connectivity index (χ3n) is 3.92. The standard InChI is InChI=1S/C20H16N6O/c1-13-23-19(26-25-13)15-8-5-9-17(10-15)24-20(27)16-11-21-18(22-12-16)14-6-3-2-4-7-14/h2-12H,1H3,(H,24,27)(H,23,25,26). The van der Waals surface area contributed by atoms with E-state index in [1.165, 1.54) is 12.4 Å². The van der Waals surface area contributed by atoms with Gasteiger partial charge in [0, 0.05) is 29.2 Å². The molecule has 0 unspecified atom stereocenters. The molecular weight excluding hydrogens is 340 g/mol. The maximum Gasteiger partial charge on any atom is 0.258 e. The summed E-state index contributed by atoms with van der Waals surface area (Å²) in [6.45, 7) is 1.83. The number of aryl methyl sites for hydroxylation is 1. The van der Waals surface area contributed by atoms with Crippen LogP contribution in [0.15, 0.2) is 67.0 Å². The third kappa shape index (κ3) is 3.72. The highest BCUT2D eigenvalue weighted by Gasteiger charge is 2.10. The lowest BCUT2D eigenvalue weighted by atomic mass is 10.2. The van der Waals surface area contributed by atoms with E-state index in [9.17, 15) is 4.79 Å². The normalized spacial score (nSPS) is 10.6. The van der Waals surface area contributed by atoms with Crippen LogP contribution in [0.4, 0.5) is 5.69 Å². The number of carbonyl (C=O) groups excluding carboxylic acids is 1. The van der Waals surface area contributed by atoms with Crippen LogP contribution in [0.3, 0.4) is 0 Å². The topological polar surface area (TPSA) is 96.5 Å². The second-order valence-electron chi connectivity index (χ2n) is 5.94. The van der Waals surface area contributed by atoms with Crippen molar-refractivity contribution in [3.05, 3.63) is 78.4 Å². The molecule has 132 valence electrons. The summed E-state index contributed by atoms with van der Waals surface area (Å²) in [7, 11) is 0. The van der Waals surface area contributed by atoms with E-state index in [4.69, 9.17) is 0 Å². The van der Waals surface area contributed by atoms with Crippen molar-refractivity contribution in [1.82, 2.24) is 25.1 Å². The van der Waals surface area contributed by atoms with E-state index >= 15 is 0 Å². The Kier molecular flexibility index (Phi) is 4.40. The Morgan fingerprint density at radius 3 is 2.37 bits per heavy atom. The lowest BCUT2D eigenvalue weighted by Gasteiger charge is -2.06. The Bertz CT molecular complexity index is 1070. The average Bonchev–Trinajstić information content (AvgIpc) is 3.15. The van der Waals surface area contributed by atoms with Crippen LogP contribution in [0.1, 0.15) is 16.2 Å². The van der Waals surface area contributed by atoms with Gasteiger partial charge in [0.05, 0.1) is 5.56 Å². The van der Waals surface area contributed by atoms with Crippen LogP contribution in [0, 0.1) is 6.92 Å². The summed E-state index contributed by atoms with van der Waals surface area (Å²) in [5, 5.41) is 9.79. The van der Waals surface area contributed by atoms with Crippen molar-refractivity contribution in [3.8, 4) is 22.8 Å². The number of aromatic amines is 1. The predicted octanol–water partition coefficient (Wildman–Crippen LogP) is 3.49. The molecule has 0 bridgehead atoms. The first-order valence-corrected chi connectivity index (χ1v) is 8.37. The summed E-state index contributed by atoms with van der Waals surface area (Å²) < 4.78 is 0. The third-order valence-corrected chi connectivity index (χ3v) is 3.92. The molecule has 4 aromatic rings. The van der Waals surface area contributed by atoms with Crippen molar-refractivity contribution in [2.24, 2.45) is 0 Å². The van der Waals surface area contributed by atoms with Crippen molar-refractivity contribution in [2.75, 3.05) is 5.32 Å². The Labute approximate surface area is 155 Å². The lowest BCUT2D eigenvalue weighted by molar-refractivity contribution is 0.102. The van der Waals surface area contributed by atoms with E-state index in [1.54, 1.807) is 6.07 Å². The maximum atomic E-state index is 12.5. The van der Waals surface area contributed by atoms with Gasteiger partial charge in [0.2, 0.25) is 0 Å². The van der Waals surface area contributed by atoms with E-state index in [2.05, 4.69) is 30.5 Å². The molecular formula is C20H16N6O. The molecule has 7 heteroatoms. The van der Waals surface area contributed by atoms with Gasteiger partial charge < -0.3 is 5.32 Å². The van der Waals surface area contributed by atoms with Crippen molar-refractivity contribution in [2.45, 2.75) is 6.92 Å². The zero-order valence-electron chi connectivity index (χ0n) is 14.5. The van der Waals surface area contributed by atoms with E-state index in [1.807, 2.05) is 55.5 Å². The van der Waals surface area contributed by atoms with Crippen LogP contribution >= 0.6 is 0 Å². The van der Waals surface area contributed by atoms with E-state index in [0.717, 1.165) is 17.0 Å². The number of rotatable bonds is 4. The number of carbonyl (C=O) groups is 1. The zero-order chi connectivity index (χ0) is 18.6. The maximum absolute atomic E-state index is 12.5. The van der Waals surface area contributed by atoms with E-state index in [-0.39, 0.29) is 5.91 Å². The fourth-order valence-electron chi connectivity index (χ4n) is 2.59. The number of hydrogen-bond donors (Lipinski definition) is 2. The summed E-state index contributed by atoms with van der Waals surface area (Å²) in [6, 6.07) is 17.0. The predicted molar refractivity (Wildman–Crippen MR) is 102 cm³/mol. The van der Waals surface area contributed by atoms with Gasteiger partial charge in [-0.2, -0.15) is 5.10 Å². The van der Waals surface area contributed by atoms with Crippen molar-refractivity contribution in [3.63, 3.8) is 0 Å². The fraction of sp³-hybridized carbons (Fsp3) is 0.0500. The number of aromatic nitrogens is 5. The molecule has 0 radical (unpaired) electrons. The summed E-state index contributed by atoms with van der Waals surface area (Å²) >= 11 is 0. The SMILES string of the molecule is Cc1nc(-c2cccc(NC(=O)c3cnc(-c4ccccc4)nc3)c2)n[nH]1. The molecule has 0 saturated heterocycles. The molecule has 1 amide bonds. The quantitative estimate of drug-likeness (QED) is 0.583. The Morgan fingerprint density at radius 1 is 0.926 bits per heavy atom. The molecule has 2 aromatic carbocycles. The number of hydrogen-bond acceptors (Lipinski definition) is 5. The number of nitrogens with zero attached hydrogens (tertiary/aromatic N) is 4. The molecule has 7 nitrogen and oxygen atoms in total. The van der Waals surface area contributed by atoms with Crippen LogP contribution in [0.25, 0.3) is 22.8 Å². The van der Waals surface area contributed by atoms with Crippen molar-refractivity contribution < 1.29 is 4.79 Å². The van der Waals surface area contributed by atoms with Gasteiger partial charge in [-0.3, -0.25) is 9.89 Å². The smallest absolute Gasteiger partial charge is 0.258 e. The second-order valence-corrected chi connectivity index (χ2v) is 5.94. The lowest BCUT2D eigenvalue weighted by Crippen LogP contribution is -2.12. The number of H-pyrrole nitrogens is 1. The Morgan fingerprint density at radius 2 is 1.67 bits per heavy atom. The molecule has 0 fully saturated rings. The minimum atomic E-state index is -0.280. The highest BCUT2D eigenvalue weighted by Crippen LogP contribution is 2.20. The molecule has 0 aliphatic carbocycles. The summed E-state index contributed by atoms with van der Waals surface area (Å²) in [6.07, 6.45) is 3.04. The molecule has 2 aromatic heterocycles. The summed E-state index contributed by atoms with van der Waals surface area (Å²) in [5.74, 6) is 1.61. The largest absolute Gasteiger partial charge is 0.322 e. The number of nitrogens with one attached hydrogen (secondary N) is 2. The van der Waals surface area contributed by atoms with E-state index < -0.39 is 0 Å². The monoisotopic (exact) mass is 356 g/mol. The van der Waals surface area contributed by atoms with Crippen LogP contribution in [0.2, 0.25) is 0 Å². The Balaban J connectivity index is 1.51. The summed E-state index contributed by atoms with van der Waals surface area (Å²) in [5.41, 5.74) is 2.74. The van der Waals surface area contributed by atoms with Crippen molar-refractivity contribution >= 4 is 11.6 Å². The van der Waals surface area contributed by atoms with Gasteiger partial charge in [0.25, 0.3) is 5.91 Å². The molecule has 0 spiro atoms. The van der Waals surface area contributed by atoms with Gasteiger partial charge in [-0.05, 0) is 19.1 Å². The highest BCUT2D eigenvalue weighted by molar-refractivity contribution is 6.04. The van der Waals surface area contributed by atoms with Crippen LogP contribution in [-0.4, -0.2) is 31.1 Å². The fourth-order valence-corrected chi connectivity index (χ4v) is 2.59. The van der Waals surface area contributed by atoms with Crippen LogP contribution < -0.4 is 5.32 Å². The van der Waals surface area contributed by atoms with Crippen LogP contribution in [0.5, 0.6) is 0 Å². The van der Waals surface area contributed by atoms with Gasteiger partial charge >= 0.3 is 0 Å². The van der Waals surface area contributed by atoms with Gasteiger partial charge in [-0.1, -0.05) is 42.5 Å². The molecule has 0 atom stereocenters. The molecule has 4 rings (SSSR count). The molecule has 0 aliphatic heterocycles. The van der Waals surface area contributed by atoms with Gasteiger partial charge in [0.15, 0.2) is 11.6 Å². The number of amides is 1. The summed E-state index contributed by atoms with van der Waals surface area (Å²) in [4.78, 5) is 25.4. The van der Waals surface area contributed by atoms with Gasteiger partial charge in [-0.25, -0.2) is 15.0 Å². The average molecular weight is 356 g/mol.